The summed E-state index contributed by atoms with van der Waals surface area (Å²) in [5.74, 6) is -1.48. The number of hydrogen-bond donors (Lipinski definition) is 1. The quantitative estimate of drug-likeness (QED) is 0.513. The summed E-state index contributed by atoms with van der Waals surface area (Å²) in [4.78, 5) is 36.7. The van der Waals surface area contributed by atoms with E-state index in [1.165, 1.54) is 36.2 Å². The highest BCUT2D eigenvalue weighted by molar-refractivity contribution is 5.73. The van der Waals surface area contributed by atoms with Gasteiger partial charge in [0.05, 0.1) is 6.54 Å². The van der Waals surface area contributed by atoms with E-state index in [1.54, 1.807) is 16.7 Å². The fourth-order valence-corrected chi connectivity index (χ4v) is 4.68. The van der Waals surface area contributed by atoms with Crippen molar-refractivity contribution in [2.75, 3.05) is 19.6 Å². The molecule has 5 rings (SSSR count). The van der Waals surface area contributed by atoms with Crippen molar-refractivity contribution < 1.29 is 27.5 Å². The zero-order valence-electron chi connectivity index (χ0n) is 18.9. The van der Waals surface area contributed by atoms with E-state index in [0.29, 0.717) is 12.4 Å². The van der Waals surface area contributed by atoms with Crippen LogP contribution in [0.15, 0.2) is 33.9 Å². The number of alkyl halides is 3. The summed E-state index contributed by atoms with van der Waals surface area (Å²) in [7, 11) is 0. The molecule has 190 valence electrons. The molecule has 0 amide bonds. The second kappa shape index (κ2) is 9.56. The van der Waals surface area contributed by atoms with Gasteiger partial charge in [-0.25, -0.2) is 13.9 Å². The van der Waals surface area contributed by atoms with Crippen molar-refractivity contribution >= 4 is 5.97 Å². The third kappa shape index (κ3) is 5.98. The topological polar surface area (TPSA) is 97.4 Å². The molecule has 35 heavy (non-hydrogen) atoms. The minimum atomic E-state index is -5.08. The molecule has 1 saturated carbocycles. The molecule has 1 N–H and O–H groups in total. The van der Waals surface area contributed by atoms with Crippen LogP contribution in [0.1, 0.15) is 37.1 Å². The summed E-state index contributed by atoms with van der Waals surface area (Å²) in [5, 5.41) is 11.6. The molecule has 8 nitrogen and oxygen atoms in total. The Morgan fingerprint density at radius 2 is 1.69 bits per heavy atom. The molecule has 0 bridgehead atoms. The molecule has 1 aromatic heterocycles. The molecule has 3 heterocycles. The number of piperidine rings is 1. The predicted octanol–water partition coefficient (Wildman–Crippen LogP) is 2.27. The van der Waals surface area contributed by atoms with Crippen molar-refractivity contribution in [2.24, 2.45) is 11.3 Å². The fourth-order valence-electron chi connectivity index (χ4n) is 4.68. The van der Waals surface area contributed by atoms with Gasteiger partial charge < -0.3 is 10.0 Å². The van der Waals surface area contributed by atoms with Crippen molar-refractivity contribution in [1.82, 2.24) is 19.2 Å². The van der Waals surface area contributed by atoms with Crippen LogP contribution in [-0.4, -0.2) is 56.1 Å². The van der Waals surface area contributed by atoms with Crippen LogP contribution in [0.25, 0.3) is 0 Å². The first-order chi connectivity index (χ1) is 16.5. The van der Waals surface area contributed by atoms with Gasteiger partial charge in [0.15, 0.2) is 0 Å². The fraction of sp³-hybridized carbons (Fsp3) is 0.565. The number of hydrogen-bond acceptors (Lipinski definition) is 5. The number of likely N-dealkylation sites (tertiary alicyclic amines) is 1. The Bertz CT molecular complexity index is 1190. The van der Waals surface area contributed by atoms with Gasteiger partial charge in [-0.2, -0.15) is 18.3 Å². The van der Waals surface area contributed by atoms with Gasteiger partial charge in [0, 0.05) is 19.5 Å². The summed E-state index contributed by atoms with van der Waals surface area (Å²) in [6.45, 7) is 4.14. The number of nitrogens with zero attached hydrogens (tertiary/aromatic N) is 4. The Balaban J connectivity index is 0.000000364. The molecular formula is C23H26F4N4O4. The lowest BCUT2D eigenvalue weighted by Crippen LogP contribution is -2.44. The SMILES string of the molecule is O=C(O)C(F)(F)F.O=c1c(=O)n2c(nn1Cc1ccc(F)cc1)CC1(CCN(CC3CC3)CC1)C2. The Morgan fingerprint density at radius 1 is 1.09 bits per heavy atom. The maximum atomic E-state index is 13.1. The van der Waals surface area contributed by atoms with Crippen LogP contribution < -0.4 is 11.1 Å². The summed E-state index contributed by atoms with van der Waals surface area (Å²) < 4.78 is 47.7. The number of aliphatic carboxylic acids is 1. The molecule has 1 aromatic carbocycles. The van der Waals surface area contributed by atoms with Crippen LogP contribution in [0, 0.1) is 17.2 Å². The first-order valence-corrected chi connectivity index (χ1v) is 11.4. The van der Waals surface area contributed by atoms with Crippen molar-refractivity contribution in [3.05, 3.63) is 62.2 Å². The lowest BCUT2D eigenvalue weighted by atomic mass is 9.77. The van der Waals surface area contributed by atoms with Gasteiger partial charge >= 0.3 is 23.3 Å². The number of benzene rings is 1. The van der Waals surface area contributed by atoms with Gasteiger partial charge in [0.2, 0.25) is 0 Å². The molecule has 1 spiro atoms. The summed E-state index contributed by atoms with van der Waals surface area (Å²) in [6, 6.07) is 5.94. The van der Waals surface area contributed by atoms with Gasteiger partial charge in [-0.3, -0.25) is 14.2 Å². The number of rotatable bonds is 4. The van der Waals surface area contributed by atoms with E-state index in [2.05, 4.69) is 10.00 Å². The van der Waals surface area contributed by atoms with Crippen molar-refractivity contribution in [3.63, 3.8) is 0 Å². The van der Waals surface area contributed by atoms with Gasteiger partial charge in [-0.05, 0) is 67.8 Å². The normalized spacial score (nSPS) is 19.2. The Morgan fingerprint density at radius 3 is 2.23 bits per heavy atom. The highest BCUT2D eigenvalue weighted by atomic mass is 19.4. The number of halogens is 4. The van der Waals surface area contributed by atoms with Crippen LogP contribution in [0.3, 0.4) is 0 Å². The molecular weight excluding hydrogens is 472 g/mol. The molecule has 1 saturated heterocycles. The lowest BCUT2D eigenvalue weighted by Gasteiger charge is -2.38. The lowest BCUT2D eigenvalue weighted by molar-refractivity contribution is -0.192. The Labute approximate surface area is 197 Å². The first-order valence-electron chi connectivity index (χ1n) is 11.4. The maximum Gasteiger partial charge on any atom is 0.490 e. The average Bonchev–Trinajstić information content (AvgIpc) is 3.55. The molecule has 0 atom stereocenters. The first kappa shape index (κ1) is 25.1. The summed E-state index contributed by atoms with van der Waals surface area (Å²) in [5.41, 5.74) is -0.275. The minimum absolute atomic E-state index is 0.0563. The van der Waals surface area contributed by atoms with Crippen molar-refractivity contribution in [1.29, 1.82) is 0 Å². The molecule has 0 radical (unpaired) electrons. The molecule has 3 aliphatic rings. The molecule has 2 aromatic rings. The second-order valence-corrected chi connectivity index (χ2v) is 9.62. The molecule has 2 fully saturated rings. The molecule has 1 aliphatic carbocycles. The van der Waals surface area contributed by atoms with Gasteiger partial charge in [-0.1, -0.05) is 12.1 Å². The average molecular weight is 498 g/mol. The Kier molecular flexibility index (Phi) is 6.85. The molecule has 12 heteroatoms. The van der Waals surface area contributed by atoms with Gasteiger partial charge in [0.1, 0.15) is 11.6 Å². The number of carboxylic acids is 1. The van der Waals surface area contributed by atoms with E-state index in [9.17, 15) is 27.2 Å². The third-order valence-corrected chi connectivity index (χ3v) is 6.86. The zero-order valence-corrected chi connectivity index (χ0v) is 18.9. The molecule has 2 aliphatic heterocycles. The van der Waals surface area contributed by atoms with E-state index < -0.39 is 23.3 Å². The van der Waals surface area contributed by atoms with Crippen LogP contribution in [0.2, 0.25) is 0 Å². The van der Waals surface area contributed by atoms with Crippen molar-refractivity contribution in [3.8, 4) is 0 Å². The largest absolute Gasteiger partial charge is 0.490 e. The van der Waals surface area contributed by atoms with Crippen LogP contribution in [0.4, 0.5) is 17.6 Å². The van der Waals surface area contributed by atoms with E-state index in [-0.39, 0.29) is 17.8 Å². The number of aromatic nitrogens is 3. The van der Waals surface area contributed by atoms with E-state index >= 15 is 0 Å². The van der Waals surface area contributed by atoms with E-state index in [4.69, 9.17) is 9.90 Å². The standard InChI is InChI=1S/C21H25FN4O2.C2HF3O2/c22-17-5-3-16(4-6-17)13-26-20(28)19(27)25-14-21(11-18(25)23-26)7-9-24(10-8-21)12-15-1-2-15;3-2(4,5)1(6)7/h3-6,15H,1-2,7-14H2;(H,6,7). The summed E-state index contributed by atoms with van der Waals surface area (Å²) >= 11 is 0. The third-order valence-electron chi connectivity index (χ3n) is 6.86. The van der Waals surface area contributed by atoms with Crippen LogP contribution >= 0.6 is 0 Å². The van der Waals surface area contributed by atoms with Gasteiger partial charge in [0.25, 0.3) is 0 Å². The van der Waals surface area contributed by atoms with Crippen molar-refractivity contribution in [2.45, 2.75) is 51.4 Å². The highest BCUT2D eigenvalue weighted by Gasteiger charge is 2.42. The summed E-state index contributed by atoms with van der Waals surface area (Å²) in [6.07, 6.45) is 0.506. The second-order valence-electron chi connectivity index (χ2n) is 9.62. The van der Waals surface area contributed by atoms with Crippen LogP contribution in [0.5, 0.6) is 0 Å². The van der Waals surface area contributed by atoms with E-state index in [0.717, 1.165) is 43.8 Å². The highest BCUT2D eigenvalue weighted by Crippen LogP contribution is 2.41. The minimum Gasteiger partial charge on any atom is -0.475 e. The maximum absolute atomic E-state index is 13.1. The van der Waals surface area contributed by atoms with E-state index in [1.807, 2.05) is 0 Å². The zero-order chi connectivity index (χ0) is 25.4. The van der Waals surface area contributed by atoms with Gasteiger partial charge in [-0.15, -0.1) is 0 Å². The Hall–Kier alpha value is -3.02. The molecule has 0 unspecified atom stereocenters. The number of carbonyl (C=O) groups is 1. The predicted molar refractivity (Wildman–Crippen MR) is 116 cm³/mol. The van der Waals surface area contributed by atoms with Crippen LogP contribution in [-0.2, 0) is 24.3 Å². The monoisotopic (exact) mass is 498 g/mol. The smallest absolute Gasteiger partial charge is 0.475 e. The number of fused-ring (bicyclic) bond motifs is 1. The number of carboxylic acid groups (broad SMARTS) is 1.